The summed E-state index contributed by atoms with van der Waals surface area (Å²) in [5.74, 6) is 1.98. The van der Waals surface area contributed by atoms with Crippen LogP contribution in [0, 0.1) is 0 Å². The maximum absolute atomic E-state index is 6.16. The lowest BCUT2D eigenvalue weighted by atomic mass is 10.1. The van der Waals surface area contributed by atoms with Crippen LogP contribution in [0.5, 0.6) is 0 Å². The highest BCUT2D eigenvalue weighted by Gasteiger charge is 2.09. The number of thioether (sulfide) groups is 1. The predicted molar refractivity (Wildman–Crippen MR) is 85.9 cm³/mol. The van der Waals surface area contributed by atoms with Crippen molar-refractivity contribution in [3.05, 3.63) is 70.7 Å². The number of benzene rings is 2. The molecule has 0 aliphatic carbocycles. The van der Waals surface area contributed by atoms with Gasteiger partial charge in [0.2, 0.25) is 0 Å². The summed E-state index contributed by atoms with van der Waals surface area (Å²) in [5.41, 5.74) is 2.54. The molecule has 0 aliphatic rings. The molecule has 1 N–H and O–H groups in total. The highest BCUT2D eigenvalue weighted by Crippen LogP contribution is 2.24. The fourth-order valence-corrected chi connectivity index (χ4v) is 3.40. The smallest absolute Gasteiger partial charge is 0.0446 e. The van der Waals surface area contributed by atoms with Crippen molar-refractivity contribution >= 4 is 23.4 Å². The molecule has 0 radical (unpaired) electrons. The van der Waals surface area contributed by atoms with E-state index in [1.165, 1.54) is 11.1 Å². The Labute approximate surface area is 124 Å². The van der Waals surface area contributed by atoms with Crippen molar-refractivity contribution in [2.24, 2.45) is 0 Å². The molecule has 2 aromatic carbocycles. The molecular weight excluding hydrogens is 274 g/mol. The van der Waals surface area contributed by atoms with Crippen LogP contribution in [0.2, 0.25) is 5.02 Å². The van der Waals surface area contributed by atoms with Crippen LogP contribution >= 0.6 is 23.4 Å². The lowest BCUT2D eigenvalue weighted by Gasteiger charge is -2.16. The number of halogens is 1. The van der Waals surface area contributed by atoms with Crippen molar-refractivity contribution in [3.8, 4) is 0 Å². The normalized spacial score (nSPS) is 12.3. The summed E-state index contributed by atoms with van der Waals surface area (Å²) in [6, 6.07) is 19.0. The topological polar surface area (TPSA) is 12.0 Å². The van der Waals surface area contributed by atoms with Crippen molar-refractivity contribution in [3.63, 3.8) is 0 Å². The summed E-state index contributed by atoms with van der Waals surface area (Å²) in [7, 11) is 2.01. The molecular formula is C16H18ClNS. The third-order valence-corrected chi connectivity index (χ3v) is 4.50. The minimum atomic E-state index is 0.383. The largest absolute Gasteiger partial charge is 0.312 e. The quantitative estimate of drug-likeness (QED) is 0.839. The van der Waals surface area contributed by atoms with Gasteiger partial charge >= 0.3 is 0 Å². The van der Waals surface area contributed by atoms with E-state index in [4.69, 9.17) is 11.6 Å². The Kier molecular flexibility index (Phi) is 5.77. The minimum absolute atomic E-state index is 0.383. The van der Waals surface area contributed by atoms with Gasteiger partial charge in [0.1, 0.15) is 0 Å². The Hall–Kier alpha value is -0.960. The molecule has 0 bridgehead atoms. The van der Waals surface area contributed by atoms with E-state index >= 15 is 0 Å². The molecule has 1 nitrogen and oxygen atoms in total. The first kappa shape index (κ1) is 14.4. The van der Waals surface area contributed by atoms with Crippen LogP contribution < -0.4 is 5.32 Å². The van der Waals surface area contributed by atoms with Gasteiger partial charge < -0.3 is 5.32 Å². The molecule has 0 aliphatic heterocycles. The van der Waals surface area contributed by atoms with Gasteiger partial charge in [0.25, 0.3) is 0 Å². The molecule has 0 spiro atoms. The lowest BCUT2D eigenvalue weighted by Crippen LogP contribution is -2.18. The fourth-order valence-electron chi connectivity index (χ4n) is 1.93. The van der Waals surface area contributed by atoms with E-state index in [9.17, 15) is 0 Å². The third-order valence-electron chi connectivity index (χ3n) is 3.05. The van der Waals surface area contributed by atoms with Crippen molar-refractivity contribution in [1.29, 1.82) is 0 Å². The predicted octanol–water partition coefficient (Wildman–Crippen LogP) is 4.53. The van der Waals surface area contributed by atoms with Crippen molar-refractivity contribution in [2.45, 2.75) is 11.8 Å². The molecule has 1 atom stereocenters. The lowest BCUT2D eigenvalue weighted by molar-refractivity contribution is 0.662. The Bertz CT molecular complexity index is 501. The van der Waals surface area contributed by atoms with E-state index in [0.29, 0.717) is 6.04 Å². The first-order valence-corrected chi connectivity index (χ1v) is 7.88. The summed E-state index contributed by atoms with van der Waals surface area (Å²) >= 11 is 8.06. The molecule has 0 aromatic heterocycles. The van der Waals surface area contributed by atoms with Crippen LogP contribution in [0.25, 0.3) is 0 Å². The second kappa shape index (κ2) is 7.59. The summed E-state index contributed by atoms with van der Waals surface area (Å²) in [5, 5.41) is 4.22. The molecule has 0 amide bonds. The molecule has 1 unspecified atom stereocenters. The second-order valence-electron chi connectivity index (χ2n) is 4.36. The molecule has 100 valence electrons. The summed E-state index contributed by atoms with van der Waals surface area (Å²) in [6.45, 7) is 0. The molecule has 2 rings (SSSR count). The fraction of sp³-hybridized carbons (Fsp3) is 0.250. The zero-order valence-corrected chi connectivity index (χ0v) is 12.5. The Morgan fingerprint density at radius 3 is 2.42 bits per heavy atom. The van der Waals surface area contributed by atoms with Gasteiger partial charge in [-0.1, -0.05) is 60.1 Å². The van der Waals surface area contributed by atoms with Gasteiger partial charge in [-0.05, 0) is 24.2 Å². The molecule has 0 saturated carbocycles. The number of hydrogen-bond donors (Lipinski definition) is 1. The van der Waals surface area contributed by atoms with Crippen LogP contribution in [0.3, 0.4) is 0 Å². The van der Waals surface area contributed by atoms with E-state index in [-0.39, 0.29) is 0 Å². The zero-order chi connectivity index (χ0) is 13.5. The van der Waals surface area contributed by atoms with Crippen molar-refractivity contribution in [2.75, 3.05) is 12.8 Å². The maximum Gasteiger partial charge on any atom is 0.0446 e. The molecule has 19 heavy (non-hydrogen) atoms. The molecule has 0 heterocycles. The average molecular weight is 292 g/mol. The van der Waals surface area contributed by atoms with E-state index < -0.39 is 0 Å². The maximum atomic E-state index is 6.16. The summed E-state index contributed by atoms with van der Waals surface area (Å²) in [6.07, 6.45) is 0. The van der Waals surface area contributed by atoms with Gasteiger partial charge in [-0.15, -0.1) is 0 Å². The number of rotatable bonds is 6. The number of nitrogens with one attached hydrogen (secondary N) is 1. The number of hydrogen-bond acceptors (Lipinski definition) is 2. The monoisotopic (exact) mass is 291 g/mol. The van der Waals surface area contributed by atoms with E-state index in [1.54, 1.807) is 0 Å². The van der Waals surface area contributed by atoms with Crippen molar-refractivity contribution in [1.82, 2.24) is 5.32 Å². The Morgan fingerprint density at radius 2 is 1.74 bits per heavy atom. The van der Waals surface area contributed by atoms with Gasteiger partial charge in [0, 0.05) is 22.6 Å². The van der Waals surface area contributed by atoms with Crippen LogP contribution in [-0.2, 0) is 5.75 Å². The molecule has 3 heteroatoms. The van der Waals surface area contributed by atoms with Crippen LogP contribution in [-0.4, -0.2) is 12.8 Å². The zero-order valence-electron chi connectivity index (χ0n) is 11.0. The standard InChI is InChI=1S/C16H18ClNS/c1-18-16(13-7-3-2-4-8-13)12-19-11-14-9-5-6-10-15(14)17/h2-10,16,18H,11-12H2,1H3. The highest BCUT2D eigenvalue weighted by atomic mass is 35.5. The third kappa shape index (κ3) is 4.27. The summed E-state index contributed by atoms with van der Waals surface area (Å²) < 4.78 is 0. The van der Waals surface area contributed by atoms with Gasteiger partial charge in [0.05, 0.1) is 0 Å². The molecule has 0 fully saturated rings. The highest BCUT2D eigenvalue weighted by molar-refractivity contribution is 7.98. The van der Waals surface area contributed by atoms with Crippen LogP contribution in [0.4, 0.5) is 0 Å². The first-order valence-electron chi connectivity index (χ1n) is 6.34. The minimum Gasteiger partial charge on any atom is -0.312 e. The van der Waals surface area contributed by atoms with Crippen molar-refractivity contribution < 1.29 is 0 Å². The molecule has 2 aromatic rings. The van der Waals surface area contributed by atoms with Gasteiger partial charge in [-0.25, -0.2) is 0 Å². The van der Waals surface area contributed by atoms with Gasteiger partial charge in [0.15, 0.2) is 0 Å². The summed E-state index contributed by atoms with van der Waals surface area (Å²) in [4.78, 5) is 0. The van der Waals surface area contributed by atoms with E-state index in [2.05, 4.69) is 35.6 Å². The Balaban J connectivity index is 1.89. The second-order valence-corrected chi connectivity index (χ2v) is 5.80. The van der Waals surface area contributed by atoms with Crippen LogP contribution in [0.15, 0.2) is 54.6 Å². The van der Waals surface area contributed by atoms with E-state index in [1.807, 2.05) is 43.1 Å². The SMILES string of the molecule is CNC(CSCc1ccccc1Cl)c1ccccc1. The van der Waals surface area contributed by atoms with Gasteiger partial charge in [-0.3, -0.25) is 0 Å². The Morgan fingerprint density at radius 1 is 1.05 bits per heavy atom. The van der Waals surface area contributed by atoms with Gasteiger partial charge in [-0.2, -0.15) is 11.8 Å². The first-order chi connectivity index (χ1) is 9.31. The van der Waals surface area contributed by atoms with E-state index in [0.717, 1.165) is 16.5 Å². The van der Waals surface area contributed by atoms with Crippen LogP contribution in [0.1, 0.15) is 17.2 Å². The average Bonchev–Trinajstić information content (AvgIpc) is 2.46. The molecule has 0 saturated heterocycles.